The first-order chi connectivity index (χ1) is 10.1. The monoisotopic (exact) mass is 308 g/mol. The number of halogens is 1. The number of anilines is 1. The predicted octanol–water partition coefficient (Wildman–Crippen LogP) is 2.83. The largest absolute Gasteiger partial charge is 0.495 e. The van der Waals surface area contributed by atoms with Crippen LogP contribution in [0.4, 0.5) is 5.69 Å². The Morgan fingerprint density at radius 1 is 1.52 bits per heavy atom. The van der Waals surface area contributed by atoms with Crippen molar-refractivity contribution < 1.29 is 9.15 Å². The molecule has 0 fully saturated rings. The number of rotatable bonds is 5. The molecule has 1 aromatic heterocycles. The van der Waals surface area contributed by atoms with Crippen LogP contribution in [0.3, 0.4) is 0 Å². The van der Waals surface area contributed by atoms with Gasteiger partial charge in [0.25, 0.3) is 0 Å². The van der Waals surface area contributed by atoms with Crippen LogP contribution >= 0.6 is 11.6 Å². The molecular weight excluding hydrogens is 292 g/mol. The fourth-order valence-corrected chi connectivity index (χ4v) is 1.94. The molecule has 7 heteroatoms. The maximum absolute atomic E-state index is 6.04. The molecule has 0 saturated heterocycles. The molecule has 2 aromatic rings. The van der Waals surface area contributed by atoms with Gasteiger partial charge in [0.15, 0.2) is 11.9 Å². The third-order valence-corrected chi connectivity index (χ3v) is 3.03. The molecule has 112 valence electrons. The zero-order chi connectivity index (χ0) is 15.2. The van der Waals surface area contributed by atoms with Gasteiger partial charge in [-0.15, -0.1) is 0 Å². The summed E-state index contributed by atoms with van der Waals surface area (Å²) in [6, 6.07) is 5.27. The normalized spacial score (nSPS) is 11.5. The van der Waals surface area contributed by atoms with E-state index in [1.54, 1.807) is 31.5 Å². The van der Waals surface area contributed by atoms with E-state index < -0.39 is 0 Å². The van der Waals surface area contributed by atoms with Gasteiger partial charge in [-0.05, 0) is 18.2 Å². The van der Waals surface area contributed by atoms with E-state index in [4.69, 9.17) is 26.5 Å². The molecule has 0 unspecified atom stereocenters. The quantitative estimate of drug-likeness (QED) is 0.655. The molecule has 0 radical (unpaired) electrons. The van der Waals surface area contributed by atoms with Gasteiger partial charge in [-0.3, -0.25) is 0 Å². The Morgan fingerprint density at radius 3 is 2.95 bits per heavy atom. The highest BCUT2D eigenvalue weighted by molar-refractivity contribution is 6.32. The lowest BCUT2D eigenvalue weighted by Gasteiger charge is -2.08. The molecule has 3 N–H and O–H groups in total. The Kier molecular flexibility index (Phi) is 5.05. The van der Waals surface area contributed by atoms with E-state index in [9.17, 15) is 0 Å². The van der Waals surface area contributed by atoms with Crippen molar-refractivity contribution in [2.75, 3.05) is 12.4 Å². The summed E-state index contributed by atoms with van der Waals surface area (Å²) in [5.41, 5.74) is 6.55. The summed E-state index contributed by atoms with van der Waals surface area (Å²) in [6.07, 6.45) is 2.40. The average molecular weight is 309 g/mol. The molecule has 1 heterocycles. The molecule has 6 nitrogen and oxygen atoms in total. The number of aryl methyl sites for hydroxylation is 1. The number of nitrogens with zero attached hydrogens (tertiary/aromatic N) is 2. The smallest absolute Gasteiger partial charge is 0.194 e. The molecule has 0 aliphatic heterocycles. The minimum atomic E-state index is 0.269. The molecule has 0 spiro atoms. The van der Waals surface area contributed by atoms with E-state index in [0.717, 1.165) is 12.1 Å². The van der Waals surface area contributed by atoms with E-state index >= 15 is 0 Å². The van der Waals surface area contributed by atoms with E-state index in [0.29, 0.717) is 29.0 Å². The van der Waals surface area contributed by atoms with Crippen LogP contribution in [0.15, 0.2) is 33.8 Å². The van der Waals surface area contributed by atoms with E-state index in [1.807, 2.05) is 6.92 Å². The number of nitrogens with two attached hydrogens (primary N) is 1. The molecule has 21 heavy (non-hydrogen) atoms. The molecule has 1 aromatic carbocycles. The van der Waals surface area contributed by atoms with Gasteiger partial charge in [-0.1, -0.05) is 18.5 Å². The van der Waals surface area contributed by atoms with Crippen molar-refractivity contribution in [3.05, 3.63) is 41.1 Å². The zero-order valence-electron chi connectivity index (χ0n) is 11.9. The molecule has 0 amide bonds. The number of benzene rings is 1. The fourth-order valence-electron chi connectivity index (χ4n) is 1.68. The van der Waals surface area contributed by atoms with Crippen LogP contribution in [0, 0.1) is 0 Å². The SMILES string of the molecule is CCc1ncc(CN=C(N)Nc2ccc(OC)c(Cl)c2)o1. The van der Waals surface area contributed by atoms with Gasteiger partial charge in [0.1, 0.15) is 18.1 Å². The summed E-state index contributed by atoms with van der Waals surface area (Å²) < 4.78 is 10.5. The molecule has 2 rings (SSSR count). The highest BCUT2D eigenvalue weighted by Crippen LogP contribution is 2.27. The number of aliphatic imine (C=N–C) groups is 1. The minimum Gasteiger partial charge on any atom is -0.495 e. The number of guanidine groups is 1. The topological polar surface area (TPSA) is 85.7 Å². The highest BCUT2D eigenvalue weighted by Gasteiger charge is 2.04. The van der Waals surface area contributed by atoms with Crippen LogP contribution < -0.4 is 15.8 Å². The third kappa shape index (κ3) is 4.13. The van der Waals surface area contributed by atoms with Crippen molar-refractivity contribution in [2.24, 2.45) is 10.7 Å². The first-order valence-corrected chi connectivity index (χ1v) is 6.84. The van der Waals surface area contributed by atoms with Gasteiger partial charge in [-0.25, -0.2) is 9.98 Å². The van der Waals surface area contributed by atoms with Crippen molar-refractivity contribution in [1.29, 1.82) is 0 Å². The minimum absolute atomic E-state index is 0.269. The second-order valence-corrected chi connectivity index (χ2v) is 4.66. The summed E-state index contributed by atoms with van der Waals surface area (Å²) in [7, 11) is 1.56. The third-order valence-electron chi connectivity index (χ3n) is 2.73. The molecular formula is C14H17ClN4O2. The number of hydrogen-bond donors (Lipinski definition) is 2. The van der Waals surface area contributed by atoms with Gasteiger partial charge >= 0.3 is 0 Å². The van der Waals surface area contributed by atoms with Gasteiger partial charge in [0.05, 0.1) is 18.3 Å². The molecule has 0 aliphatic rings. The van der Waals surface area contributed by atoms with Crippen LogP contribution in [0.5, 0.6) is 5.75 Å². The molecule has 0 atom stereocenters. The number of aromatic nitrogens is 1. The van der Waals surface area contributed by atoms with E-state index in [2.05, 4.69) is 15.3 Å². The maximum Gasteiger partial charge on any atom is 0.194 e. The first kappa shape index (κ1) is 15.2. The van der Waals surface area contributed by atoms with E-state index in [-0.39, 0.29) is 5.96 Å². The first-order valence-electron chi connectivity index (χ1n) is 6.46. The average Bonchev–Trinajstić information content (AvgIpc) is 2.93. The molecule has 0 bridgehead atoms. The number of ether oxygens (including phenoxy) is 1. The Hall–Kier alpha value is -2.21. The predicted molar refractivity (Wildman–Crippen MR) is 82.8 cm³/mol. The lowest BCUT2D eigenvalue weighted by Crippen LogP contribution is -2.22. The van der Waals surface area contributed by atoms with Crippen molar-refractivity contribution >= 4 is 23.2 Å². The second-order valence-electron chi connectivity index (χ2n) is 4.25. The molecule has 0 aliphatic carbocycles. The zero-order valence-corrected chi connectivity index (χ0v) is 12.6. The van der Waals surface area contributed by atoms with Crippen LogP contribution in [-0.4, -0.2) is 18.1 Å². The highest BCUT2D eigenvalue weighted by atomic mass is 35.5. The standard InChI is InChI=1S/C14H17ClN4O2/c1-3-13-17-7-10(21-13)8-18-14(16)19-9-4-5-12(20-2)11(15)6-9/h4-7H,3,8H2,1-2H3,(H3,16,18,19). The number of oxazole rings is 1. The second kappa shape index (κ2) is 6.99. The van der Waals surface area contributed by atoms with Crippen molar-refractivity contribution in [3.8, 4) is 5.75 Å². The van der Waals surface area contributed by atoms with E-state index in [1.165, 1.54) is 0 Å². The van der Waals surface area contributed by atoms with Gasteiger partial charge in [0.2, 0.25) is 0 Å². The van der Waals surface area contributed by atoms with Crippen molar-refractivity contribution in [2.45, 2.75) is 19.9 Å². The summed E-state index contributed by atoms with van der Waals surface area (Å²) >= 11 is 6.04. The van der Waals surface area contributed by atoms with Crippen LogP contribution in [-0.2, 0) is 13.0 Å². The Bertz CT molecular complexity index is 640. The Labute approximate surface area is 128 Å². The summed E-state index contributed by atoms with van der Waals surface area (Å²) in [5.74, 6) is 2.23. The maximum atomic E-state index is 6.04. The summed E-state index contributed by atoms with van der Waals surface area (Å²) in [5, 5.41) is 3.45. The Morgan fingerprint density at radius 2 is 2.33 bits per heavy atom. The van der Waals surface area contributed by atoms with Gasteiger partial charge < -0.3 is 20.2 Å². The van der Waals surface area contributed by atoms with Crippen molar-refractivity contribution in [1.82, 2.24) is 4.98 Å². The lowest BCUT2D eigenvalue weighted by atomic mass is 10.3. The van der Waals surface area contributed by atoms with Gasteiger partial charge in [0, 0.05) is 12.1 Å². The van der Waals surface area contributed by atoms with Crippen LogP contribution in [0.1, 0.15) is 18.6 Å². The Balaban J connectivity index is 1.98. The lowest BCUT2D eigenvalue weighted by molar-refractivity contribution is 0.415. The fraction of sp³-hybridized carbons (Fsp3) is 0.286. The van der Waals surface area contributed by atoms with Crippen LogP contribution in [0.2, 0.25) is 5.02 Å². The molecule has 0 saturated carbocycles. The summed E-state index contributed by atoms with van der Waals surface area (Å²) in [4.78, 5) is 8.28. The van der Waals surface area contributed by atoms with Crippen LogP contribution in [0.25, 0.3) is 0 Å². The van der Waals surface area contributed by atoms with Gasteiger partial charge in [-0.2, -0.15) is 0 Å². The number of methoxy groups -OCH3 is 1. The van der Waals surface area contributed by atoms with Crippen molar-refractivity contribution in [3.63, 3.8) is 0 Å². The number of hydrogen-bond acceptors (Lipinski definition) is 4. The number of nitrogens with one attached hydrogen (secondary N) is 1. The summed E-state index contributed by atoms with van der Waals surface area (Å²) in [6.45, 7) is 2.30.